The van der Waals surface area contributed by atoms with Crippen LogP contribution >= 0.6 is 46.1 Å². The Labute approximate surface area is 180 Å². The van der Waals surface area contributed by atoms with E-state index in [0.29, 0.717) is 15.6 Å². The maximum atomic E-state index is 14.5. The first kappa shape index (κ1) is 21.1. The third kappa shape index (κ3) is 4.69. The quantitative estimate of drug-likeness (QED) is 0.456. The van der Waals surface area contributed by atoms with Gasteiger partial charge in [0.25, 0.3) is 10.0 Å². The molecule has 2 aromatic carbocycles. The van der Waals surface area contributed by atoms with Crippen LogP contribution in [-0.4, -0.2) is 13.4 Å². The van der Waals surface area contributed by atoms with Crippen molar-refractivity contribution in [1.29, 1.82) is 0 Å². The molecule has 5 nitrogen and oxygen atoms in total. The highest BCUT2D eigenvalue weighted by Crippen LogP contribution is 2.35. The molecule has 0 aliphatic heterocycles. The first-order chi connectivity index (χ1) is 13.2. The molecule has 1 N–H and O–H groups in total. The van der Waals surface area contributed by atoms with Crippen molar-refractivity contribution >= 4 is 61.3 Å². The normalized spacial score (nSPS) is 12.6. The molecule has 0 radical (unpaired) electrons. The number of hydrogen-bond acceptors (Lipinski definition) is 5. The second-order valence-electron chi connectivity index (χ2n) is 5.59. The van der Waals surface area contributed by atoms with Gasteiger partial charge in [0.15, 0.2) is 5.13 Å². The predicted molar refractivity (Wildman–Crippen MR) is 110 cm³/mol. The minimum atomic E-state index is -4.19. The van der Waals surface area contributed by atoms with Gasteiger partial charge in [-0.15, -0.1) is 11.3 Å². The van der Waals surface area contributed by atoms with E-state index in [-0.39, 0.29) is 15.9 Å². The van der Waals surface area contributed by atoms with Gasteiger partial charge in [-0.2, -0.15) is 0 Å². The summed E-state index contributed by atoms with van der Waals surface area (Å²) >= 11 is 19.1. The minimum Gasteiger partial charge on any atom is -0.484 e. The number of ether oxygens (including phenoxy) is 1. The van der Waals surface area contributed by atoms with Gasteiger partial charge in [0, 0.05) is 17.6 Å². The number of hydrogen-bond donors (Lipinski definition) is 1. The van der Waals surface area contributed by atoms with Gasteiger partial charge in [-0.3, -0.25) is 4.72 Å². The van der Waals surface area contributed by atoms with Gasteiger partial charge < -0.3 is 4.74 Å². The highest BCUT2D eigenvalue weighted by molar-refractivity contribution is 7.93. The van der Waals surface area contributed by atoms with E-state index in [1.165, 1.54) is 6.20 Å². The number of benzene rings is 2. The van der Waals surface area contributed by atoms with Crippen LogP contribution in [0.2, 0.25) is 15.1 Å². The van der Waals surface area contributed by atoms with Crippen LogP contribution in [0.25, 0.3) is 0 Å². The molecule has 0 aliphatic carbocycles. The van der Waals surface area contributed by atoms with E-state index in [4.69, 9.17) is 39.5 Å². The molecule has 3 aromatic rings. The van der Waals surface area contributed by atoms with Crippen LogP contribution in [0.1, 0.15) is 18.6 Å². The molecule has 11 heteroatoms. The number of aromatic nitrogens is 1. The Morgan fingerprint density at radius 2 is 1.89 bits per heavy atom. The molecule has 0 saturated heterocycles. The third-order valence-corrected chi connectivity index (χ3v) is 6.85. The first-order valence-electron chi connectivity index (χ1n) is 7.70. The number of nitrogens with one attached hydrogen (secondary N) is 1. The van der Waals surface area contributed by atoms with Crippen molar-refractivity contribution < 1.29 is 17.5 Å². The molecular weight excluding hydrogens is 470 g/mol. The van der Waals surface area contributed by atoms with Crippen molar-refractivity contribution in [3.8, 4) is 5.75 Å². The summed E-state index contributed by atoms with van der Waals surface area (Å²) in [6, 6.07) is 6.85. The largest absolute Gasteiger partial charge is 0.484 e. The summed E-state index contributed by atoms with van der Waals surface area (Å²) in [5, 5.41) is 2.38. The summed E-state index contributed by atoms with van der Waals surface area (Å²) in [6.45, 7) is 1.71. The van der Waals surface area contributed by atoms with E-state index in [2.05, 4.69) is 9.71 Å². The fourth-order valence-electron chi connectivity index (χ4n) is 2.27. The summed E-state index contributed by atoms with van der Waals surface area (Å²) in [4.78, 5) is 3.20. The van der Waals surface area contributed by atoms with Gasteiger partial charge in [-0.05, 0) is 30.7 Å². The molecule has 148 valence electrons. The number of thiazole rings is 1. The van der Waals surface area contributed by atoms with Crippen LogP contribution < -0.4 is 9.46 Å². The molecule has 0 bridgehead atoms. The standard InChI is InChI=1S/C17H12Cl3FN2O3S2/c1-9(10-2-3-11(18)12(19)6-10)26-15-8-14(21)16(7-13(15)20)28(24,25)23-17-22-4-5-27-17/h2-9H,1H3,(H,22,23). The average molecular weight is 482 g/mol. The Kier molecular flexibility index (Phi) is 6.36. The highest BCUT2D eigenvalue weighted by Gasteiger charge is 2.23. The molecule has 1 heterocycles. The molecule has 3 rings (SSSR count). The average Bonchev–Trinajstić information content (AvgIpc) is 3.12. The Hall–Kier alpha value is -1.58. The number of rotatable bonds is 6. The topological polar surface area (TPSA) is 68.3 Å². The molecule has 1 aromatic heterocycles. The van der Waals surface area contributed by atoms with E-state index in [1.807, 2.05) is 0 Å². The molecule has 0 spiro atoms. The van der Waals surface area contributed by atoms with Crippen LogP contribution in [0.5, 0.6) is 5.75 Å². The van der Waals surface area contributed by atoms with Crippen molar-refractivity contribution in [3.05, 3.63) is 68.4 Å². The fraction of sp³-hybridized carbons (Fsp3) is 0.118. The summed E-state index contributed by atoms with van der Waals surface area (Å²) in [6.07, 6.45) is 0.885. The molecular formula is C17H12Cl3FN2O3S2. The molecule has 1 unspecified atom stereocenters. The van der Waals surface area contributed by atoms with Crippen molar-refractivity contribution in [2.45, 2.75) is 17.9 Å². The molecule has 0 aliphatic rings. The Balaban J connectivity index is 1.86. The monoisotopic (exact) mass is 480 g/mol. The zero-order valence-corrected chi connectivity index (χ0v) is 18.0. The predicted octanol–water partition coefficient (Wildman–Crippen LogP) is 6.18. The van der Waals surface area contributed by atoms with Crippen LogP contribution in [0.4, 0.5) is 9.52 Å². The van der Waals surface area contributed by atoms with Crippen LogP contribution in [-0.2, 0) is 10.0 Å². The van der Waals surface area contributed by atoms with E-state index in [1.54, 1.807) is 30.5 Å². The van der Waals surface area contributed by atoms with Gasteiger partial charge in [0.05, 0.1) is 15.1 Å². The van der Waals surface area contributed by atoms with Crippen LogP contribution in [0, 0.1) is 5.82 Å². The number of halogens is 4. The fourth-order valence-corrected chi connectivity index (χ4v) is 4.73. The van der Waals surface area contributed by atoms with Gasteiger partial charge in [0.1, 0.15) is 22.6 Å². The zero-order valence-electron chi connectivity index (χ0n) is 14.1. The van der Waals surface area contributed by atoms with E-state index >= 15 is 0 Å². The van der Waals surface area contributed by atoms with Crippen molar-refractivity contribution in [2.24, 2.45) is 0 Å². The highest BCUT2D eigenvalue weighted by atomic mass is 35.5. The Morgan fingerprint density at radius 1 is 1.14 bits per heavy atom. The van der Waals surface area contributed by atoms with Crippen molar-refractivity contribution in [3.63, 3.8) is 0 Å². The second kappa shape index (κ2) is 8.42. The molecule has 28 heavy (non-hydrogen) atoms. The lowest BCUT2D eigenvalue weighted by molar-refractivity contribution is 0.226. The Morgan fingerprint density at radius 3 is 2.54 bits per heavy atom. The first-order valence-corrected chi connectivity index (χ1v) is 11.2. The maximum Gasteiger partial charge on any atom is 0.266 e. The van der Waals surface area contributed by atoms with Gasteiger partial charge in [0.2, 0.25) is 0 Å². The van der Waals surface area contributed by atoms with Crippen molar-refractivity contribution in [1.82, 2.24) is 4.98 Å². The molecule has 1 atom stereocenters. The smallest absolute Gasteiger partial charge is 0.266 e. The van der Waals surface area contributed by atoms with Crippen LogP contribution in [0.15, 0.2) is 46.8 Å². The van der Waals surface area contributed by atoms with E-state index < -0.39 is 26.8 Å². The molecule has 0 amide bonds. The van der Waals surface area contributed by atoms with Gasteiger partial charge in [-0.25, -0.2) is 17.8 Å². The maximum absolute atomic E-state index is 14.5. The summed E-state index contributed by atoms with van der Waals surface area (Å²) < 4.78 is 47.2. The number of nitrogens with zero attached hydrogens (tertiary/aromatic N) is 1. The van der Waals surface area contributed by atoms with Crippen molar-refractivity contribution in [2.75, 3.05) is 4.72 Å². The van der Waals surface area contributed by atoms with E-state index in [0.717, 1.165) is 23.5 Å². The van der Waals surface area contributed by atoms with E-state index in [9.17, 15) is 12.8 Å². The van der Waals surface area contributed by atoms with Gasteiger partial charge in [-0.1, -0.05) is 40.9 Å². The number of anilines is 1. The lowest BCUT2D eigenvalue weighted by Gasteiger charge is -2.17. The Bertz CT molecular complexity index is 1110. The summed E-state index contributed by atoms with van der Waals surface area (Å²) in [5.74, 6) is -1.02. The number of sulfonamides is 1. The zero-order chi connectivity index (χ0) is 20.5. The third-order valence-electron chi connectivity index (χ3n) is 3.65. The SMILES string of the molecule is CC(Oc1cc(F)c(S(=O)(=O)Nc2nccs2)cc1Cl)c1ccc(Cl)c(Cl)c1. The minimum absolute atomic E-state index is 0.00839. The lowest BCUT2D eigenvalue weighted by atomic mass is 10.1. The molecule has 0 saturated carbocycles. The summed E-state index contributed by atoms with van der Waals surface area (Å²) in [5.41, 5.74) is 0.688. The summed E-state index contributed by atoms with van der Waals surface area (Å²) in [7, 11) is -4.19. The van der Waals surface area contributed by atoms with Crippen LogP contribution in [0.3, 0.4) is 0 Å². The second-order valence-corrected chi connectivity index (χ2v) is 9.36. The van der Waals surface area contributed by atoms with Gasteiger partial charge >= 0.3 is 0 Å². The molecule has 0 fully saturated rings. The lowest BCUT2D eigenvalue weighted by Crippen LogP contribution is -2.15.